The normalized spacial score (nSPS) is 18.9. The molecule has 0 radical (unpaired) electrons. The zero-order valence-corrected chi connectivity index (χ0v) is 14.6. The van der Waals surface area contributed by atoms with Crippen molar-refractivity contribution in [2.45, 2.75) is 18.8 Å². The van der Waals surface area contributed by atoms with Crippen molar-refractivity contribution in [3.63, 3.8) is 0 Å². The number of nitrogens with zero attached hydrogens (tertiary/aromatic N) is 1. The fourth-order valence-electron chi connectivity index (χ4n) is 2.99. The molecule has 2 atom stereocenters. The Hall–Kier alpha value is -2.00. The van der Waals surface area contributed by atoms with E-state index in [9.17, 15) is 4.79 Å². The van der Waals surface area contributed by atoms with E-state index in [1.54, 1.807) is 0 Å². The number of carbonyl (C=O) groups is 1. The maximum absolute atomic E-state index is 12.5. The number of para-hydroxylation sites is 1. The third kappa shape index (κ3) is 4.09. The van der Waals surface area contributed by atoms with Gasteiger partial charge in [-0.25, -0.2) is 0 Å². The minimum atomic E-state index is 0.0740. The molecule has 1 fully saturated rings. The van der Waals surface area contributed by atoms with Gasteiger partial charge in [-0.2, -0.15) is 0 Å². The SMILES string of the molecule is CN(CCCOc1ccccc1)C(=O)C1CC1c1ccccc1Cl. The molecule has 1 aliphatic carbocycles. The van der Waals surface area contributed by atoms with Crippen LogP contribution >= 0.6 is 11.6 Å². The Morgan fingerprint density at radius 3 is 2.62 bits per heavy atom. The van der Waals surface area contributed by atoms with E-state index in [1.807, 2.05) is 66.5 Å². The van der Waals surface area contributed by atoms with Crippen molar-refractivity contribution in [2.75, 3.05) is 20.2 Å². The number of halogens is 1. The van der Waals surface area contributed by atoms with Crippen LogP contribution in [0.25, 0.3) is 0 Å². The molecular weight excluding hydrogens is 322 g/mol. The molecule has 24 heavy (non-hydrogen) atoms. The number of benzene rings is 2. The molecule has 3 nitrogen and oxygen atoms in total. The number of hydrogen-bond donors (Lipinski definition) is 0. The van der Waals surface area contributed by atoms with E-state index in [2.05, 4.69) is 0 Å². The Balaban J connectivity index is 1.42. The fraction of sp³-hybridized carbons (Fsp3) is 0.350. The largest absolute Gasteiger partial charge is 0.494 e. The van der Waals surface area contributed by atoms with Crippen molar-refractivity contribution in [1.82, 2.24) is 4.90 Å². The van der Waals surface area contributed by atoms with Crippen LogP contribution in [-0.4, -0.2) is 31.0 Å². The summed E-state index contributed by atoms with van der Waals surface area (Å²) in [5.41, 5.74) is 1.10. The van der Waals surface area contributed by atoms with Crippen LogP contribution in [-0.2, 0) is 4.79 Å². The molecule has 2 aromatic rings. The summed E-state index contributed by atoms with van der Waals surface area (Å²) < 4.78 is 5.66. The molecule has 0 aliphatic heterocycles. The molecule has 0 bridgehead atoms. The van der Waals surface area contributed by atoms with E-state index in [1.165, 1.54) is 0 Å². The van der Waals surface area contributed by atoms with Crippen LogP contribution in [0.4, 0.5) is 0 Å². The molecule has 1 amide bonds. The monoisotopic (exact) mass is 343 g/mol. The van der Waals surface area contributed by atoms with Crippen LogP contribution in [0.3, 0.4) is 0 Å². The second-order valence-corrected chi connectivity index (χ2v) is 6.65. The summed E-state index contributed by atoms with van der Waals surface area (Å²) in [4.78, 5) is 14.3. The number of hydrogen-bond acceptors (Lipinski definition) is 2. The van der Waals surface area contributed by atoms with Crippen molar-refractivity contribution in [3.05, 3.63) is 65.2 Å². The van der Waals surface area contributed by atoms with Crippen molar-refractivity contribution >= 4 is 17.5 Å². The summed E-state index contributed by atoms with van der Waals surface area (Å²) in [6.07, 6.45) is 1.72. The molecule has 1 saturated carbocycles. The lowest BCUT2D eigenvalue weighted by Crippen LogP contribution is -2.30. The highest BCUT2D eigenvalue weighted by molar-refractivity contribution is 6.31. The topological polar surface area (TPSA) is 29.5 Å². The first kappa shape index (κ1) is 16.8. The third-order valence-corrected chi connectivity index (χ3v) is 4.78. The lowest BCUT2D eigenvalue weighted by Gasteiger charge is -2.17. The Morgan fingerprint density at radius 1 is 1.17 bits per heavy atom. The molecule has 2 aromatic carbocycles. The second-order valence-electron chi connectivity index (χ2n) is 6.25. The lowest BCUT2D eigenvalue weighted by atomic mass is 10.1. The first-order chi connectivity index (χ1) is 11.7. The maximum atomic E-state index is 12.5. The molecule has 4 heteroatoms. The predicted octanol–water partition coefficient (Wildman–Crippen LogP) is 4.37. The average Bonchev–Trinajstić information content (AvgIpc) is 3.39. The minimum Gasteiger partial charge on any atom is -0.494 e. The number of carbonyl (C=O) groups excluding carboxylic acids is 1. The van der Waals surface area contributed by atoms with Crippen LogP contribution in [0, 0.1) is 5.92 Å². The highest BCUT2D eigenvalue weighted by Crippen LogP contribution is 2.50. The van der Waals surface area contributed by atoms with Crippen LogP contribution in [0.1, 0.15) is 24.3 Å². The zero-order chi connectivity index (χ0) is 16.9. The summed E-state index contributed by atoms with van der Waals surface area (Å²) >= 11 is 6.23. The molecular formula is C20H22ClNO2. The van der Waals surface area contributed by atoms with E-state index < -0.39 is 0 Å². The smallest absolute Gasteiger partial charge is 0.226 e. The van der Waals surface area contributed by atoms with E-state index in [0.29, 0.717) is 13.2 Å². The lowest BCUT2D eigenvalue weighted by molar-refractivity contribution is -0.131. The van der Waals surface area contributed by atoms with E-state index in [4.69, 9.17) is 16.3 Å². The standard InChI is InChI=1S/C20H22ClNO2/c1-22(12-7-13-24-15-8-3-2-4-9-15)20(23)18-14-17(18)16-10-5-6-11-19(16)21/h2-6,8-11,17-18H,7,12-14H2,1H3. The molecule has 2 unspecified atom stereocenters. The quantitative estimate of drug-likeness (QED) is 0.698. The average molecular weight is 344 g/mol. The third-order valence-electron chi connectivity index (χ3n) is 4.44. The number of rotatable bonds is 7. The predicted molar refractivity (Wildman–Crippen MR) is 96.5 cm³/mol. The van der Waals surface area contributed by atoms with Crippen molar-refractivity contribution in [1.29, 1.82) is 0 Å². The van der Waals surface area contributed by atoms with Gasteiger partial charge in [0.15, 0.2) is 0 Å². The van der Waals surface area contributed by atoms with Gasteiger partial charge in [0.05, 0.1) is 6.61 Å². The Bertz CT molecular complexity index is 689. The van der Waals surface area contributed by atoms with Crippen LogP contribution < -0.4 is 4.74 Å². The van der Waals surface area contributed by atoms with Crippen molar-refractivity contribution in [3.8, 4) is 5.75 Å². The summed E-state index contributed by atoms with van der Waals surface area (Å²) in [6.45, 7) is 1.32. The van der Waals surface area contributed by atoms with Gasteiger partial charge >= 0.3 is 0 Å². The maximum Gasteiger partial charge on any atom is 0.226 e. The molecule has 0 saturated heterocycles. The van der Waals surface area contributed by atoms with Gasteiger partial charge in [0, 0.05) is 24.5 Å². The van der Waals surface area contributed by atoms with Gasteiger partial charge in [-0.1, -0.05) is 48.0 Å². The van der Waals surface area contributed by atoms with E-state index >= 15 is 0 Å². The zero-order valence-electron chi connectivity index (χ0n) is 13.8. The van der Waals surface area contributed by atoms with Crippen molar-refractivity contribution in [2.24, 2.45) is 5.92 Å². The second kappa shape index (κ2) is 7.71. The van der Waals surface area contributed by atoms with Gasteiger partial charge < -0.3 is 9.64 Å². The van der Waals surface area contributed by atoms with Gasteiger partial charge in [0.25, 0.3) is 0 Å². The van der Waals surface area contributed by atoms with Gasteiger partial charge in [-0.3, -0.25) is 4.79 Å². The highest BCUT2D eigenvalue weighted by atomic mass is 35.5. The fourth-order valence-corrected chi connectivity index (χ4v) is 3.27. The summed E-state index contributed by atoms with van der Waals surface area (Å²) in [5.74, 6) is 1.42. The number of ether oxygens (including phenoxy) is 1. The summed E-state index contributed by atoms with van der Waals surface area (Å²) in [7, 11) is 1.87. The first-order valence-corrected chi connectivity index (χ1v) is 8.72. The molecule has 0 heterocycles. The van der Waals surface area contributed by atoms with Crippen LogP contribution in [0.5, 0.6) is 5.75 Å². The van der Waals surface area contributed by atoms with Gasteiger partial charge in [0.1, 0.15) is 5.75 Å². The first-order valence-electron chi connectivity index (χ1n) is 8.34. The summed E-state index contributed by atoms with van der Waals surface area (Å²) in [5, 5.41) is 0.761. The molecule has 0 N–H and O–H groups in total. The van der Waals surface area contributed by atoms with Crippen LogP contribution in [0.15, 0.2) is 54.6 Å². The molecule has 126 valence electrons. The van der Waals surface area contributed by atoms with E-state index in [-0.39, 0.29) is 17.7 Å². The minimum absolute atomic E-state index is 0.0740. The van der Waals surface area contributed by atoms with Crippen LogP contribution in [0.2, 0.25) is 5.02 Å². The molecule has 1 aliphatic rings. The molecule has 3 rings (SSSR count). The highest BCUT2D eigenvalue weighted by Gasteiger charge is 2.45. The summed E-state index contributed by atoms with van der Waals surface area (Å²) in [6, 6.07) is 17.6. The van der Waals surface area contributed by atoms with E-state index in [0.717, 1.165) is 29.2 Å². The van der Waals surface area contributed by atoms with Gasteiger partial charge in [-0.15, -0.1) is 0 Å². The Morgan fingerprint density at radius 2 is 1.88 bits per heavy atom. The molecule has 0 aromatic heterocycles. The molecule has 0 spiro atoms. The Labute approximate surface area is 148 Å². The van der Waals surface area contributed by atoms with Gasteiger partial charge in [0.2, 0.25) is 5.91 Å². The van der Waals surface area contributed by atoms with Crippen molar-refractivity contribution < 1.29 is 9.53 Å². The number of amides is 1. The Kier molecular flexibility index (Phi) is 5.41. The van der Waals surface area contributed by atoms with Gasteiger partial charge in [-0.05, 0) is 42.5 Å².